The van der Waals surface area contributed by atoms with E-state index in [1.165, 1.54) is 88.3 Å². The van der Waals surface area contributed by atoms with Crippen LogP contribution in [0.3, 0.4) is 0 Å². The van der Waals surface area contributed by atoms with Crippen molar-refractivity contribution in [3.8, 4) is 39.1 Å². The zero-order valence-electron chi connectivity index (χ0n) is 27.6. The van der Waals surface area contributed by atoms with Gasteiger partial charge >= 0.3 is 0 Å². The smallest absolute Gasteiger partial charge is 0.0644 e. The van der Waals surface area contributed by atoms with Gasteiger partial charge < -0.3 is 9.88 Å². The number of hydrogen-bond donors (Lipinski definition) is 1. The van der Waals surface area contributed by atoms with Crippen molar-refractivity contribution in [2.24, 2.45) is 0 Å². The minimum atomic E-state index is -0.380. The molecular formula is C48H32N2. The third-order valence-electron chi connectivity index (χ3n) is 11.3. The van der Waals surface area contributed by atoms with E-state index < -0.39 is 0 Å². The van der Waals surface area contributed by atoms with Crippen molar-refractivity contribution in [2.45, 2.75) is 12.3 Å². The van der Waals surface area contributed by atoms with E-state index in [0.29, 0.717) is 0 Å². The third kappa shape index (κ3) is 3.63. The molecule has 1 atom stereocenters. The fourth-order valence-electron chi connectivity index (χ4n) is 9.04. The van der Waals surface area contributed by atoms with Gasteiger partial charge in [-0.25, -0.2) is 0 Å². The maximum Gasteiger partial charge on any atom is 0.0644 e. The van der Waals surface area contributed by atoms with Crippen LogP contribution in [0.5, 0.6) is 0 Å². The summed E-state index contributed by atoms with van der Waals surface area (Å²) in [5, 5.41) is 9.02. The van der Waals surface area contributed by atoms with Crippen molar-refractivity contribution < 1.29 is 0 Å². The molecule has 0 spiro atoms. The standard InChI is InChI=1S/C48H32N2/c1-48(34-26-25-31-15-5-6-16-32(31)27-34)39-22-12-21-37-36-19-7-9-23-42(36)50-43-24-10-8-20-38(43)45-41(29-40(48)46(44(37)39)47(45)50)49-35-18-11-17-33(28-35)30-13-3-2-4-14-30/h2-29,49H,1H3. The number of aromatic nitrogens is 1. The molecule has 2 heteroatoms. The van der Waals surface area contributed by atoms with Crippen LogP contribution in [0, 0.1) is 0 Å². The average Bonchev–Trinajstić information content (AvgIpc) is 3.61. The summed E-state index contributed by atoms with van der Waals surface area (Å²) >= 11 is 0. The predicted molar refractivity (Wildman–Crippen MR) is 210 cm³/mol. The molecule has 1 unspecified atom stereocenters. The van der Waals surface area contributed by atoms with Gasteiger partial charge in [0, 0.05) is 38.7 Å². The van der Waals surface area contributed by atoms with Gasteiger partial charge in [0.05, 0.1) is 16.7 Å². The van der Waals surface area contributed by atoms with Gasteiger partial charge in [0.1, 0.15) is 0 Å². The van der Waals surface area contributed by atoms with Crippen LogP contribution in [0.4, 0.5) is 11.4 Å². The highest BCUT2D eigenvalue weighted by atomic mass is 15.0. The first kappa shape index (κ1) is 27.6. The lowest BCUT2D eigenvalue weighted by atomic mass is 9.73. The first-order chi connectivity index (χ1) is 24.7. The second kappa shape index (κ2) is 10.1. The second-order valence-electron chi connectivity index (χ2n) is 13.9. The lowest BCUT2D eigenvalue weighted by Gasteiger charge is -2.30. The molecule has 0 fully saturated rings. The Bertz CT molecular complexity index is 2860. The Morgan fingerprint density at radius 1 is 0.520 bits per heavy atom. The number of nitrogens with zero attached hydrogens (tertiary/aromatic N) is 1. The minimum Gasteiger partial charge on any atom is -0.355 e. The first-order valence-electron chi connectivity index (χ1n) is 17.4. The van der Waals surface area contributed by atoms with Crippen LogP contribution in [0.1, 0.15) is 23.6 Å². The molecule has 2 aliphatic rings. The zero-order valence-corrected chi connectivity index (χ0v) is 27.6. The van der Waals surface area contributed by atoms with Crippen molar-refractivity contribution in [1.82, 2.24) is 4.57 Å². The normalized spacial score (nSPS) is 15.4. The monoisotopic (exact) mass is 636 g/mol. The van der Waals surface area contributed by atoms with Gasteiger partial charge in [0.2, 0.25) is 0 Å². The van der Waals surface area contributed by atoms with Crippen LogP contribution in [-0.4, -0.2) is 4.57 Å². The molecule has 0 saturated heterocycles. The van der Waals surface area contributed by atoms with Gasteiger partial charge in [-0.2, -0.15) is 0 Å². The summed E-state index contributed by atoms with van der Waals surface area (Å²) in [6.45, 7) is 2.44. The summed E-state index contributed by atoms with van der Waals surface area (Å²) in [5.41, 5.74) is 17.2. The van der Waals surface area contributed by atoms with E-state index in [-0.39, 0.29) is 5.41 Å². The predicted octanol–water partition coefficient (Wildman–Crippen LogP) is 12.7. The van der Waals surface area contributed by atoms with Crippen LogP contribution in [0.25, 0.3) is 71.6 Å². The Kier molecular flexibility index (Phi) is 5.55. The number of rotatable bonds is 4. The maximum absolute atomic E-state index is 3.99. The van der Waals surface area contributed by atoms with Crippen molar-refractivity contribution in [3.05, 3.63) is 187 Å². The molecular weight excluding hydrogens is 605 g/mol. The van der Waals surface area contributed by atoms with Crippen molar-refractivity contribution in [2.75, 3.05) is 5.32 Å². The Balaban J connectivity index is 1.28. The molecule has 234 valence electrons. The molecule has 1 aromatic heterocycles. The number of para-hydroxylation sites is 2. The van der Waals surface area contributed by atoms with Crippen LogP contribution in [-0.2, 0) is 5.41 Å². The number of anilines is 2. The highest BCUT2D eigenvalue weighted by Gasteiger charge is 2.45. The maximum atomic E-state index is 3.99. The Morgan fingerprint density at radius 2 is 1.26 bits per heavy atom. The highest BCUT2D eigenvalue weighted by molar-refractivity contribution is 6.23. The fraction of sp³-hybridized carbons (Fsp3) is 0.0417. The van der Waals surface area contributed by atoms with E-state index in [0.717, 1.165) is 11.4 Å². The zero-order chi connectivity index (χ0) is 33.0. The van der Waals surface area contributed by atoms with E-state index >= 15 is 0 Å². The van der Waals surface area contributed by atoms with Crippen LogP contribution < -0.4 is 5.32 Å². The molecule has 1 aliphatic heterocycles. The van der Waals surface area contributed by atoms with E-state index in [1.807, 2.05) is 0 Å². The molecule has 1 N–H and O–H groups in total. The summed E-state index contributed by atoms with van der Waals surface area (Å²) in [5.74, 6) is 0. The van der Waals surface area contributed by atoms with Gasteiger partial charge in [-0.3, -0.25) is 0 Å². The lowest BCUT2D eigenvalue weighted by molar-refractivity contribution is 0.716. The van der Waals surface area contributed by atoms with E-state index in [9.17, 15) is 0 Å². The average molecular weight is 637 g/mol. The summed E-state index contributed by atoms with van der Waals surface area (Å²) in [6, 6.07) is 62.5. The summed E-state index contributed by atoms with van der Waals surface area (Å²) in [7, 11) is 0. The lowest BCUT2D eigenvalue weighted by Crippen LogP contribution is -2.22. The van der Waals surface area contributed by atoms with Gasteiger partial charge in [-0.15, -0.1) is 0 Å². The first-order valence-corrected chi connectivity index (χ1v) is 17.4. The Labute approximate surface area is 290 Å². The van der Waals surface area contributed by atoms with Crippen molar-refractivity contribution in [3.63, 3.8) is 0 Å². The summed E-state index contributed by atoms with van der Waals surface area (Å²) < 4.78 is 2.54. The van der Waals surface area contributed by atoms with Gasteiger partial charge in [-0.05, 0) is 93.0 Å². The molecule has 50 heavy (non-hydrogen) atoms. The van der Waals surface area contributed by atoms with Crippen molar-refractivity contribution in [1.29, 1.82) is 0 Å². The van der Waals surface area contributed by atoms with Crippen LogP contribution >= 0.6 is 0 Å². The molecule has 11 rings (SSSR count). The van der Waals surface area contributed by atoms with E-state index in [1.54, 1.807) is 0 Å². The molecule has 0 radical (unpaired) electrons. The molecule has 2 heterocycles. The molecule has 2 nitrogen and oxygen atoms in total. The van der Waals surface area contributed by atoms with Gasteiger partial charge in [0.15, 0.2) is 0 Å². The molecule has 0 amide bonds. The largest absolute Gasteiger partial charge is 0.355 e. The van der Waals surface area contributed by atoms with Crippen LogP contribution in [0.15, 0.2) is 170 Å². The topological polar surface area (TPSA) is 17.0 Å². The van der Waals surface area contributed by atoms with Gasteiger partial charge in [-0.1, -0.05) is 133 Å². The summed E-state index contributed by atoms with van der Waals surface area (Å²) in [4.78, 5) is 0. The number of nitrogens with one attached hydrogen (secondary N) is 1. The summed E-state index contributed by atoms with van der Waals surface area (Å²) in [6.07, 6.45) is 0. The van der Waals surface area contributed by atoms with Crippen LogP contribution in [0.2, 0.25) is 0 Å². The number of hydrogen-bond acceptors (Lipinski definition) is 1. The SMILES string of the molecule is CC1(c2ccc3ccccc3c2)c2cccc3c2-c2c1cc(Nc1cccc(-c4ccccc4)c1)c1c4ccccc4n(c21)-c1ccccc1-3. The van der Waals surface area contributed by atoms with Crippen molar-refractivity contribution >= 4 is 44.0 Å². The molecule has 0 saturated carbocycles. The molecule has 8 aromatic carbocycles. The number of fused-ring (bicyclic) bond motifs is 7. The minimum absolute atomic E-state index is 0.380. The molecule has 1 aliphatic carbocycles. The van der Waals surface area contributed by atoms with E-state index in [4.69, 9.17) is 0 Å². The third-order valence-corrected chi connectivity index (χ3v) is 11.3. The number of benzene rings is 8. The molecule has 9 aromatic rings. The second-order valence-corrected chi connectivity index (χ2v) is 13.9. The fourth-order valence-corrected chi connectivity index (χ4v) is 9.04. The molecule has 0 bridgehead atoms. The Morgan fingerprint density at radius 3 is 2.18 bits per heavy atom. The quantitative estimate of drug-likeness (QED) is 0.203. The van der Waals surface area contributed by atoms with E-state index in [2.05, 4.69) is 187 Å². The Hall–Kier alpha value is -6.38. The van der Waals surface area contributed by atoms with Gasteiger partial charge in [0.25, 0.3) is 0 Å². The highest BCUT2D eigenvalue weighted by Crippen LogP contribution is 2.61.